The lowest BCUT2D eigenvalue weighted by atomic mass is 9.99. The van der Waals surface area contributed by atoms with Crippen LogP contribution in [0.1, 0.15) is 17.0 Å². The van der Waals surface area contributed by atoms with E-state index in [0.29, 0.717) is 22.4 Å². The zero-order chi connectivity index (χ0) is 17.6. The first kappa shape index (κ1) is 15.0. The number of nitrogens with zero attached hydrogens (tertiary/aromatic N) is 5. The van der Waals surface area contributed by atoms with Crippen LogP contribution in [0, 0.1) is 31.1 Å². The fraction of sp³-hybridized carbons (Fsp3) is 0.111. The molecule has 0 aliphatic carbocycles. The lowest BCUT2D eigenvalue weighted by molar-refractivity contribution is 0.393. The van der Waals surface area contributed by atoms with Gasteiger partial charge in [-0.05, 0) is 32.0 Å². The van der Waals surface area contributed by atoms with Gasteiger partial charge < -0.3 is 4.52 Å². The molecule has 0 aliphatic rings. The molecule has 0 bridgehead atoms. The minimum absolute atomic E-state index is 0.435. The number of aryl methyl sites for hydroxylation is 2. The zero-order valence-corrected chi connectivity index (χ0v) is 13.5. The summed E-state index contributed by atoms with van der Waals surface area (Å²) in [5.74, 6) is 0.128. The number of rotatable bonds is 2. The highest BCUT2D eigenvalue weighted by Crippen LogP contribution is 2.34. The van der Waals surface area contributed by atoms with Crippen molar-refractivity contribution >= 4 is 5.52 Å². The molecular weight excluding hydrogens is 321 g/mol. The minimum atomic E-state index is -0.560. The normalized spacial score (nSPS) is 11.0. The molecule has 7 heteroatoms. The monoisotopic (exact) mass is 333 g/mol. The predicted molar refractivity (Wildman–Crippen MR) is 88.1 cm³/mol. The zero-order valence-electron chi connectivity index (χ0n) is 13.5. The molecule has 122 valence electrons. The molecular formula is C18H12FN5O. The molecule has 0 N–H and O–H groups in total. The van der Waals surface area contributed by atoms with Gasteiger partial charge in [0.1, 0.15) is 11.8 Å². The smallest absolute Gasteiger partial charge is 0.212 e. The SMILES string of the molecule is Cc1noc(C)c1-c1cc(-c2ccc(F)nc2)c2c(C#N)cnn2c1. The van der Waals surface area contributed by atoms with E-state index >= 15 is 0 Å². The van der Waals surface area contributed by atoms with Crippen molar-refractivity contribution in [1.82, 2.24) is 19.8 Å². The van der Waals surface area contributed by atoms with Crippen LogP contribution in [0.15, 0.2) is 41.3 Å². The van der Waals surface area contributed by atoms with Crippen molar-refractivity contribution in [2.24, 2.45) is 0 Å². The van der Waals surface area contributed by atoms with Crippen molar-refractivity contribution in [2.75, 3.05) is 0 Å². The molecule has 25 heavy (non-hydrogen) atoms. The van der Waals surface area contributed by atoms with Gasteiger partial charge in [-0.3, -0.25) is 0 Å². The Morgan fingerprint density at radius 3 is 2.68 bits per heavy atom. The van der Waals surface area contributed by atoms with Gasteiger partial charge in [0.2, 0.25) is 5.95 Å². The topological polar surface area (TPSA) is 80.0 Å². The van der Waals surface area contributed by atoms with Crippen molar-refractivity contribution in [2.45, 2.75) is 13.8 Å². The maximum atomic E-state index is 13.2. The van der Waals surface area contributed by atoms with Crippen molar-refractivity contribution < 1.29 is 8.91 Å². The Kier molecular flexibility index (Phi) is 3.32. The molecule has 4 aromatic rings. The van der Waals surface area contributed by atoms with E-state index in [1.165, 1.54) is 18.5 Å². The molecule has 0 saturated carbocycles. The molecule has 0 aromatic carbocycles. The standard InChI is InChI=1S/C18H12FN5O/c1-10-17(11(2)25-23-10)13-5-15(12-3-4-16(19)21-7-12)18-14(6-20)8-22-24(18)9-13/h3-5,7-9H,1-2H3. The third kappa shape index (κ3) is 2.35. The molecule has 0 atom stereocenters. The van der Waals surface area contributed by atoms with Crippen molar-refractivity contribution in [3.63, 3.8) is 0 Å². The lowest BCUT2D eigenvalue weighted by Gasteiger charge is -2.09. The van der Waals surface area contributed by atoms with E-state index in [1.54, 1.807) is 10.6 Å². The second kappa shape index (κ2) is 5.53. The third-order valence-corrected chi connectivity index (χ3v) is 4.09. The average molecular weight is 333 g/mol. The van der Waals surface area contributed by atoms with Crippen LogP contribution in [-0.2, 0) is 0 Å². The van der Waals surface area contributed by atoms with Gasteiger partial charge in [-0.15, -0.1) is 0 Å². The van der Waals surface area contributed by atoms with Crippen LogP contribution in [0.5, 0.6) is 0 Å². The van der Waals surface area contributed by atoms with Crippen LogP contribution >= 0.6 is 0 Å². The van der Waals surface area contributed by atoms with Gasteiger partial charge in [0, 0.05) is 34.6 Å². The number of pyridine rings is 2. The van der Waals surface area contributed by atoms with E-state index in [4.69, 9.17) is 4.52 Å². The summed E-state index contributed by atoms with van der Waals surface area (Å²) in [5, 5.41) is 17.6. The Balaban J connectivity index is 2.06. The maximum Gasteiger partial charge on any atom is 0.212 e. The Hall–Kier alpha value is -3.53. The summed E-state index contributed by atoms with van der Waals surface area (Å²) in [6.45, 7) is 3.70. The van der Waals surface area contributed by atoms with E-state index < -0.39 is 5.95 Å². The second-order valence-electron chi connectivity index (χ2n) is 5.67. The molecule has 0 unspecified atom stereocenters. The summed E-state index contributed by atoms with van der Waals surface area (Å²) < 4.78 is 20.1. The van der Waals surface area contributed by atoms with Crippen LogP contribution in [0.25, 0.3) is 27.8 Å². The highest BCUT2D eigenvalue weighted by atomic mass is 19.1. The lowest BCUT2D eigenvalue weighted by Crippen LogP contribution is -1.95. The van der Waals surface area contributed by atoms with Gasteiger partial charge in [0.25, 0.3) is 0 Å². The first-order chi connectivity index (χ1) is 12.1. The van der Waals surface area contributed by atoms with Gasteiger partial charge in [-0.1, -0.05) is 5.16 Å². The van der Waals surface area contributed by atoms with Crippen LogP contribution in [0.3, 0.4) is 0 Å². The van der Waals surface area contributed by atoms with Gasteiger partial charge in [0.05, 0.1) is 23.0 Å². The summed E-state index contributed by atoms with van der Waals surface area (Å²) >= 11 is 0. The summed E-state index contributed by atoms with van der Waals surface area (Å²) in [7, 11) is 0. The fourth-order valence-corrected chi connectivity index (χ4v) is 2.99. The van der Waals surface area contributed by atoms with Crippen molar-refractivity contribution in [1.29, 1.82) is 5.26 Å². The fourth-order valence-electron chi connectivity index (χ4n) is 2.99. The largest absolute Gasteiger partial charge is 0.361 e. The number of hydrogen-bond acceptors (Lipinski definition) is 5. The summed E-state index contributed by atoms with van der Waals surface area (Å²) in [6, 6.07) is 6.97. The second-order valence-corrected chi connectivity index (χ2v) is 5.67. The molecule has 0 radical (unpaired) electrons. The Morgan fingerprint density at radius 1 is 1.20 bits per heavy atom. The highest BCUT2D eigenvalue weighted by Gasteiger charge is 2.17. The number of hydrogen-bond donors (Lipinski definition) is 0. The maximum absolute atomic E-state index is 13.2. The molecule has 0 aliphatic heterocycles. The van der Waals surface area contributed by atoms with Crippen LogP contribution in [0.2, 0.25) is 0 Å². The van der Waals surface area contributed by atoms with E-state index in [1.807, 2.05) is 26.1 Å². The summed E-state index contributed by atoms with van der Waals surface area (Å²) in [4.78, 5) is 3.72. The van der Waals surface area contributed by atoms with E-state index in [9.17, 15) is 9.65 Å². The molecule has 0 amide bonds. The molecule has 0 spiro atoms. The summed E-state index contributed by atoms with van der Waals surface area (Å²) in [6.07, 6.45) is 4.77. The molecule has 4 rings (SSSR count). The highest BCUT2D eigenvalue weighted by molar-refractivity contribution is 5.87. The first-order valence-electron chi connectivity index (χ1n) is 7.55. The number of halogens is 1. The molecule has 0 fully saturated rings. The minimum Gasteiger partial charge on any atom is -0.361 e. The molecule has 6 nitrogen and oxygen atoms in total. The Labute approximate surface area is 142 Å². The van der Waals surface area contributed by atoms with E-state index in [0.717, 1.165) is 22.4 Å². The molecule has 0 saturated heterocycles. The Morgan fingerprint density at radius 2 is 2.04 bits per heavy atom. The summed E-state index contributed by atoms with van der Waals surface area (Å²) in [5.41, 5.74) is 4.97. The third-order valence-electron chi connectivity index (χ3n) is 4.09. The van der Waals surface area contributed by atoms with Gasteiger partial charge in [-0.25, -0.2) is 9.50 Å². The quantitative estimate of drug-likeness (QED) is 0.523. The van der Waals surface area contributed by atoms with Crippen LogP contribution in [-0.4, -0.2) is 19.8 Å². The van der Waals surface area contributed by atoms with E-state index in [2.05, 4.69) is 21.3 Å². The van der Waals surface area contributed by atoms with Gasteiger partial charge >= 0.3 is 0 Å². The van der Waals surface area contributed by atoms with Crippen molar-refractivity contribution in [3.05, 3.63) is 59.8 Å². The van der Waals surface area contributed by atoms with Crippen LogP contribution in [0.4, 0.5) is 4.39 Å². The van der Waals surface area contributed by atoms with Crippen molar-refractivity contribution in [3.8, 4) is 28.3 Å². The number of aromatic nitrogens is 4. The predicted octanol–water partition coefficient (Wildman–Crippen LogP) is 3.68. The van der Waals surface area contributed by atoms with Crippen LogP contribution < -0.4 is 0 Å². The van der Waals surface area contributed by atoms with E-state index in [-0.39, 0.29) is 0 Å². The average Bonchev–Trinajstić information content (AvgIpc) is 3.17. The number of fused-ring (bicyclic) bond motifs is 1. The number of nitriles is 1. The van der Waals surface area contributed by atoms with Gasteiger partial charge in [0.15, 0.2) is 0 Å². The first-order valence-corrected chi connectivity index (χ1v) is 7.55. The molecule has 4 heterocycles. The van der Waals surface area contributed by atoms with Gasteiger partial charge in [-0.2, -0.15) is 14.8 Å². The molecule has 4 aromatic heterocycles. The Bertz CT molecular complexity index is 1120.